The van der Waals surface area contributed by atoms with Crippen LogP contribution in [0.2, 0.25) is 0 Å². The molecule has 0 radical (unpaired) electrons. The van der Waals surface area contributed by atoms with Crippen LogP contribution in [0.3, 0.4) is 0 Å². The monoisotopic (exact) mass is 232 g/mol. The number of piperidine rings is 1. The zero-order valence-electron chi connectivity index (χ0n) is 10.2. The summed E-state index contributed by atoms with van der Waals surface area (Å²) in [4.78, 5) is 2.42. The lowest BCUT2D eigenvalue weighted by atomic mass is 9.99. The number of likely N-dealkylation sites (tertiary alicyclic amines) is 1. The molecule has 0 saturated carbocycles. The third kappa shape index (κ3) is 5.09. The third-order valence-corrected chi connectivity index (χ3v) is 4.11. The molecule has 4 heteroatoms. The van der Waals surface area contributed by atoms with Gasteiger partial charge in [0.1, 0.15) is 0 Å². The van der Waals surface area contributed by atoms with Crippen molar-refractivity contribution in [2.45, 2.75) is 38.3 Å². The van der Waals surface area contributed by atoms with Crippen molar-refractivity contribution in [3.8, 4) is 0 Å². The molecular weight excluding hydrogens is 208 g/mol. The highest BCUT2D eigenvalue weighted by molar-refractivity contribution is 7.84. The van der Waals surface area contributed by atoms with E-state index in [0.29, 0.717) is 12.1 Å². The van der Waals surface area contributed by atoms with E-state index >= 15 is 0 Å². The van der Waals surface area contributed by atoms with Crippen LogP contribution in [0.15, 0.2) is 0 Å². The molecule has 90 valence electrons. The molecule has 0 amide bonds. The van der Waals surface area contributed by atoms with Gasteiger partial charge in [0.2, 0.25) is 0 Å². The van der Waals surface area contributed by atoms with Gasteiger partial charge in [0, 0.05) is 34.9 Å². The summed E-state index contributed by atoms with van der Waals surface area (Å²) in [6.45, 7) is 4.49. The summed E-state index contributed by atoms with van der Waals surface area (Å²) in [5, 5.41) is 3.57. The van der Waals surface area contributed by atoms with Gasteiger partial charge >= 0.3 is 0 Å². The van der Waals surface area contributed by atoms with Crippen molar-refractivity contribution in [2.75, 3.05) is 32.1 Å². The fourth-order valence-corrected chi connectivity index (χ4v) is 2.61. The molecule has 0 aromatic rings. The predicted octanol–water partition coefficient (Wildman–Crippen LogP) is 0.827. The van der Waals surface area contributed by atoms with Gasteiger partial charge in [-0.2, -0.15) is 0 Å². The van der Waals surface area contributed by atoms with Gasteiger partial charge in [-0.05, 0) is 46.3 Å². The summed E-state index contributed by atoms with van der Waals surface area (Å²) in [6, 6.07) is 1.36. The Bertz CT molecular complexity index is 211. The van der Waals surface area contributed by atoms with Gasteiger partial charge < -0.3 is 10.2 Å². The van der Waals surface area contributed by atoms with Crippen molar-refractivity contribution in [2.24, 2.45) is 0 Å². The number of nitrogens with one attached hydrogen (secondary N) is 1. The Morgan fingerprint density at radius 3 is 2.87 bits per heavy atom. The molecule has 1 saturated heterocycles. The van der Waals surface area contributed by atoms with Crippen LogP contribution in [0.5, 0.6) is 0 Å². The molecule has 0 aliphatic carbocycles. The average Bonchev–Trinajstić information content (AvgIpc) is 2.18. The minimum Gasteiger partial charge on any atom is -0.314 e. The van der Waals surface area contributed by atoms with Gasteiger partial charge in [0.25, 0.3) is 0 Å². The molecule has 3 unspecified atom stereocenters. The summed E-state index contributed by atoms with van der Waals surface area (Å²) >= 11 is 0. The molecule has 3 atom stereocenters. The van der Waals surface area contributed by atoms with Gasteiger partial charge in [0.15, 0.2) is 0 Å². The van der Waals surface area contributed by atoms with Gasteiger partial charge in [0.05, 0.1) is 0 Å². The van der Waals surface area contributed by atoms with Crippen LogP contribution in [0, 0.1) is 0 Å². The van der Waals surface area contributed by atoms with E-state index in [0.717, 1.165) is 18.7 Å². The van der Waals surface area contributed by atoms with E-state index in [-0.39, 0.29) is 0 Å². The molecule has 0 aromatic heterocycles. The van der Waals surface area contributed by atoms with Gasteiger partial charge in [-0.25, -0.2) is 0 Å². The highest BCUT2D eigenvalue weighted by Gasteiger charge is 2.21. The molecule has 1 N–H and O–H groups in total. The van der Waals surface area contributed by atoms with Crippen molar-refractivity contribution in [1.29, 1.82) is 0 Å². The standard InChI is InChI=1S/C11H24N2OS/c1-10-9-11(5-7-13(10)2)12-6-4-8-15(3)14/h10-12H,4-9H2,1-3H3. The number of hydrogen-bond acceptors (Lipinski definition) is 3. The molecule has 15 heavy (non-hydrogen) atoms. The first-order valence-electron chi connectivity index (χ1n) is 5.83. The lowest BCUT2D eigenvalue weighted by molar-refractivity contribution is 0.169. The number of rotatable bonds is 5. The minimum atomic E-state index is -0.633. The van der Waals surface area contributed by atoms with Crippen molar-refractivity contribution in [1.82, 2.24) is 10.2 Å². The maximum Gasteiger partial charge on any atom is 0.0244 e. The maximum absolute atomic E-state index is 10.9. The Labute approximate surface area is 96.1 Å². The first-order valence-corrected chi connectivity index (χ1v) is 7.56. The Morgan fingerprint density at radius 2 is 2.27 bits per heavy atom. The molecule has 1 aliphatic rings. The fourth-order valence-electron chi connectivity index (χ4n) is 2.06. The normalized spacial score (nSPS) is 30.3. The van der Waals surface area contributed by atoms with Crippen LogP contribution in [0.4, 0.5) is 0 Å². The van der Waals surface area contributed by atoms with E-state index in [4.69, 9.17) is 0 Å². The molecule has 0 aromatic carbocycles. The SMILES string of the molecule is CC1CC(NCCCS(C)=O)CCN1C. The Balaban J connectivity index is 2.09. The molecule has 1 rings (SSSR count). The molecular formula is C11H24N2OS. The zero-order chi connectivity index (χ0) is 11.3. The highest BCUT2D eigenvalue weighted by atomic mass is 32.2. The smallest absolute Gasteiger partial charge is 0.0244 e. The first-order chi connectivity index (χ1) is 7.09. The molecule has 1 fully saturated rings. The first kappa shape index (κ1) is 13.1. The van der Waals surface area contributed by atoms with E-state index in [9.17, 15) is 4.21 Å². The third-order valence-electron chi connectivity index (χ3n) is 3.25. The van der Waals surface area contributed by atoms with Gasteiger partial charge in [-0.3, -0.25) is 4.21 Å². The zero-order valence-corrected chi connectivity index (χ0v) is 11.0. The lowest BCUT2D eigenvalue weighted by Crippen LogP contribution is -2.45. The molecule has 3 nitrogen and oxygen atoms in total. The molecule has 1 heterocycles. The number of nitrogens with zero attached hydrogens (tertiary/aromatic N) is 1. The van der Waals surface area contributed by atoms with Gasteiger partial charge in [-0.15, -0.1) is 0 Å². The van der Waals surface area contributed by atoms with Gasteiger partial charge in [-0.1, -0.05) is 0 Å². The molecule has 0 bridgehead atoms. The Morgan fingerprint density at radius 1 is 1.53 bits per heavy atom. The second-order valence-corrected chi connectivity index (χ2v) is 6.19. The topological polar surface area (TPSA) is 32.3 Å². The van der Waals surface area contributed by atoms with E-state index in [2.05, 4.69) is 24.2 Å². The lowest BCUT2D eigenvalue weighted by Gasteiger charge is -2.35. The summed E-state index contributed by atoms with van der Waals surface area (Å²) in [6.07, 6.45) is 5.29. The van der Waals surface area contributed by atoms with E-state index in [1.807, 2.05) is 0 Å². The summed E-state index contributed by atoms with van der Waals surface area (Å²) < 4.78 is 10.9. The van der Waals surface area contributed by atoms with Crippen LogP contribution >= 0.6 is 0 Å². The van der Waals surface area contributed by atoms with Crippen LogP contribution in [-0.2, 0) is 10.8 Å². The van der Waals surface area contributed by atoms with E-state index in [1.54, 1.807) is 6.26 Å². The van der Waals surface area contributed by atoms with Crippen LogP contribution in [0.25, 0.3) is 0 Å². The second kappa shape index (κ2) is 6.61. The maximum atomic E-state index is 10.9. The summed E-state index contributed by atoms with van der Waals surface area (Å²) in [7, 11) is 1.56. The minimum absolute atomic E-state index is 0.633. The Kier molecular flexibility index (Phi) is 5.79. The van der Waals surface area contributed by atoms with E-state index in [1.165, 1.54) is 19.4 Å². The van der Waals surface area contributed by atoms with Crippen molar-refractivity contribution >= 4 is 10.8 Å². The van der Waals surface area contributed by atoms with Crippen molar-refractivity contribution in [3.63, 3.8) is 0 Å². The second-order valence-electron chi connectivity index (χ2n) is 4.64. The largest absolute Gasteiger partial charge is 0.314 e. The summed E-state index contributed by atoms with van der Waals surface area (Å²) in [5.74, 6) is 0.829. The molecule has 1 aliphatic heterocycles. The molecule has 0 spiro atoms. The van der Waals surface area contributed by atoms with E-state index < -0.39 is 10.8 Å². The van der Waals surface area contributed by atoms with Crippen molar-refractivity contribution < 1.29 is 4.21 Å². The summed E-state index contributed by atoms with van der Waals surface area (Å²) in [5.41, 5.74) is 0. The van der Waals surface area contributed by atoms with Crippen molar-refractivity contribution in [3.05, 3.63) is 0 Å². The quantitative estimate of drug-likeness (QED) is 0.713. The Hall–Kier alpha value is 0.0700. The van der Waals surface area contributed by atoms with Crippen LogP contribution in [-0.4, -0.2) is 53.3 Å². The fraction of sp³-hybridized carbons (Fsp3) is 1.00. The predicted molar refractivity (Wildman–Crippen MR) is 66.7 cm³/mol. The average molecular weight is 232 g/mol. The van der Waals surface area contributed by atoms with Crippen LogP contribution in [0.1, 0.15) is 26.2 Å². The van der Waals surface area contributed by atoms with Crippen LogP contribution < -0.4 is 5.32 Å². The highest BCUT2D eigenvalue weighted by Crippen LogP contribution is 2.14. The number of hydrogen-bond donors (Lipinski definition) is 1.